The largest absolute Gasteiger partial charge is 0.450 e. The molecule has 1 aromatic rings. The van der Waals surface area contributed by atoms with Gasteiger partial charge in [-0.15, -0.1) is 0 Å². The predicted molar refractivity (Wildman–Crippen MR) is 77.6 cm³/mol. The number of ether oxygens (including phenoxy) is 1. The predicted octanol–water partition coefficient (Wildman–Crippen LogP) is 2.24. The Bertz CT molecular complexity index is 532. The molecule has 4 rings (SSSR count). The molecule has 0 saturated carbocycles. The Morgan fingerprint density at radius 3 is 2.81 bits per heavy atom. The number of fused-ring (bicyclic) bond motifs is 4. The monoisotopic (exact) mass is 288 g/mol. The first kappa shape index (κ1) is 13.9. The van der Waals surface area contributed by atoms with Gasteiger partial charge in [-0.1, -0.05) is 30.3 Å². The van der Waals surface area contributed by atoms with Gasteiger partial charge in [-0.2, -0.15) is 0 Å². The van der Waals surface area contributed by atoms with Crippen LogP contribution in [0, 0.1) is 0 Å². The number of benzene rings is 1. The minimum absolute atomic E-state index is 0.0234. The number of nitrogens with one attached hydrogen (secondary N) is 1. The Morgan fingerprint density at radius 2 is 2.10 bits per heavy atom. The van der Waals surface area contributed by atoms with Crippen LogP contribution in [0.25, 0.3) is 0 Å². The van der Waals surface area contributed by atoms with E-state index in [1.54, 1.807) is 11.8 Å². The summed E-state index contributed by atoms with van der Waals surface area (Å²) in [7, 11) is 0. The topological polar surface area (TPSA) is 58.6 Å². The second-order valence-electron chi connectivity index (χ2n) is 5.57. The molecule has 112 valence electrons. The van der Waals surface area contributed by atoms with E-state index in [4.69, 9.17) is 4.74 Å². The lowest BCUT2D eigenvalue weighted by Gasteiger charge is -2.42. The van der Waals surface area contributed by atoms with Gasteiger partial charge in [-0.25, -0.2) is 4.79 Å². The summed E-state index contributed by atoms with van der Waals surface area (Å²) in [6.07, 6.45) is 1.77. The van der Waals surface area contributed by atoms with Gasteiger partial charge < -0.3 is 10.1 Å². The van der Waals surface area contributed by atoms with E-state index in [1.165, 1.54) is 0 Å². The fraction of sp³-hybridized carbons (Fsp3) is 0.500. The molecule has 3 fully saturated rings. The Labute approximate surface area is 124 Å². The third-order valence-corrected chi connectivity index (χ3v) is 4.27. The molecule has 1 aromatic carbocycles. The summed E-state index contributed by atoms with van der Waals surface area (Å²) in [6.45, 7) is 2.14. The van der Waals surface area contributed by atoms with Crippen LogP contribution in [0.4, 0.5) is 4.79 Å². The van der Waals surface area contributed by atoms with Crippen LogP contribution in [0.1, 0.15) is 37.8 Å². The first-order chi connectivity index (χ1) is 10.2. The first-order valence-corrected chi connectivity index (χ1v) is 7.50. The molecule has 2 amide bonds. The van der Waals surface area contributed by atoms with Crippen LogP contribution >= 0.6 is 0 Å². The standard InChI is InChI=1S/C16H20N2O3/c1-2-21-16(20)18-12-8-9-13(17-14(19)10-12)15(18)11-6-4-3-5-7-11/h3-7,12-13,15H,2,8-10H2,1H3,(H,17,19)/t12-,13-,15+/m1/s1. The van der Waals surface area contributed by atoms with Gasteiger partial charge in [0.2, 0.25) is 5.91 Å². The van der Waals surface area contributed by atoms with Gasteiger partial charge in [0.15, 0.2) is 0 Å². The summed E-state index contributed by atoms with van der Waals surface area (Å²) in [6, 6.07) is 9.61. The molecule has 1 N–H and O–H groups in total. The van der Waals surface area contributed by atoms with E-state index in [0.717, 1.165) is 18.4 Å². The number of hydrogen-bond acceptors (Lipinski definition) is 3. The average molecular weight is 288 g/mol. The lowest BCUT2D eigenvalue weighted by atomic mass is 9.88. The molecule has 3 atom stereocenters. The first-order valence-electron chi connectivity index (χ1n) is 7.50. The van der Waals surface area contributed by atoms with Crippen molar-refractivity contribution in [2.75, 3.05) is 6.61 Å². The normalized spacial score (nSPS) is 28.0. The molecule has 0 aliphatic carbocycles. The summed E-state index contributed by atoms with van der Waals surface area (Å²) in [5.74, 6) is 0.0234. The van der Waals surface area contributed by atoms with Gasteiger partial charge >= 0.3 is 6.09 Å². The number of carbonyl (C=O) groups is 2. The van der Waals surface area contributed by atoms with E-state index >= 15 is 0 Å². The Morgan fingerprint density at radius 1 is 1.33 bits per heavy atom. The number of nitrogens with zero attached hydrogens (tertiary/aromatic N) is 1. The van der Waals surface area contributed by atoms with Crippen molar-refractivity contribution in [3.05, 3.63) is 35.9 Å². The van der Waals surface area contributed by atoms with Gasteiger partial charge in [0.1, 0.15) is 0 Å². The Kier molecular flexibility index (Phi) is 3.82. The minimum Gasteiger partial charge on any atom is -0.450 e. The fourth-order valence-electron chi connectivity index (χ4n) is 3.42. The molecule has 0 unspecified atom stereocenters. The summed E-state index contributed by atoms with van der Waals surface area (Å²) < 4.78 is 5.22. The van der Waals surface area contributed by atoms with Crippen molar-refractivity contribution < 1.29 is 14.3 Å². The molecule has 0 radical (unpaired) electrons. The highest BCUT2D eigenvalue weighted by molar-refractivity contribution is 5.80. The number of hydrogen-bond donors (Lipinski definition) is 1. The second kappa shape index (κ2) is 5.76. The maximum atomic E-state index is 12.4. The lowest BCUT2D eigenvalue weighted by molar-refractivity contribution is -0.121. The minimum atomic E-state index is -0.322. The maximum absolute atomic E-state index is 12.4. The fourth-order valence-corrected chi connectivity index (χ4v) is 3.42. The van der Waals surface area contributed by atoms with Gasteiger partial charge in [0, 0.05) is 12.5 Å². The average Bonchev–Trinajstić information content (AvgIpc) is 2.75. The molecule has 21 heavy (non-hydrogen) atoms. The van der Waals surface area contributed by atoms with Crippen LogP contribution in [0.2, 0.25) is 0 Å². The van der Waals surface area contributed by atoms with Crippen LogP contribution in [0.5, 0.6) is 0 Å². The van der Waals surface area contributed by atoms with Crippen molar-refractivity contribution in [1.29, 1.82) is 0 Å². The zero-order valence-corrected chi connectivity index (χ0v) is 12.1. The molecule has 0 spiro atoms. The van der Waals surface area contributed by atoms with E-state index in [1.807, 2.05) is 30.3 Å². The van der Waals surface area contributed by atoms with Crippen LogP contribution in [-0.4, -0.2) is 35.6 Å². The SMILES string of the molecule is CCOC(=O)N1[C@@H]2CC[C@@H](NC(=O)C2)[C@@H]1c1ccccc1. The number of amides is 2. The zero-order chi connectivity index (χ0) is 14.8. The van der Waals surface area contributed by atoms with Gasteiger partial charge in [0.25, 0.3) is 0 Å². The van der Waals surface area contributed by atoms with E-state index in [-0.39, 0.29) is 30.1 Å². The summed E-state index contributed by atoms with van der Waals surface area (Å²) >= 11 is 0. The highest BCUT2D eigenvalue weighted by atomic mass is 16.6. The quantitative estimate of drug-likeness (QED) is 0.908. The summed E-state index contributed by atoms with van der Waals surface area (Å²) in [5.41, 5.74) is 1.04. The molecular formula is C16H20N2O3. The molecule has 3 heterocycles. The maximum Gasteiger partial charge on any atom is 0.410 e. The van der Waals surface area contributed by atoms with Gasteiger partial charge in [0.05, 0.1) is 18.7 Å². The highest BCUT2D eigenvalue weighted by Gasteiger charge is 2.45. The molecule has 3 saturated heterocycles. The van der Waals surface area contributed by atoms with Crippen LogP contribution in [-0.2, 0) is 9.53 Å². The second-order valence-corrected chi connectivity index (χ2v) is 5.57. The zero-order valence-electron chi connectivity index (χ0n) is 12.1. The van der Waals surface area contributed by atoms with Crippen molar-refractivity contribution in [1.82, 2.24) is 10.2 Å². The number of carbonyl (C=O) groups excluding carboxylic acids is 2. The Hall–Kier alpha value is -2.04. The molecule has 0 aromatic heterocycles. The molecular weight excluding hydrogens is 268 g/mol. The van der Waals surface area contributed by atoms with E-state index in [0.29, 0.717) is 13.0 Å². The Balaban J connectivity index is 1.99. The smallest absolute Gasteiger partial charge is 0.410 e. The van der Waals surface area contributed by atoms with Gasteiger partial charge in [-0.05, 0) is 25.3 Å². The van der Waals surface area contributed by atoms with E-state index < -0.39 is 0 Å². The summed E-state index contributed by atoms with van der Waals surface area (Å²) in [5, 5.41) is 3.06. The third-order valence-electron chi connectivity index (χ3n) is 4.27. The molecule has 3 aliphatic heterocycles. The van der Waals surface area contributed by atoms with Crippen molar-refractivity contribution in [3.8, 4) is 0 Å². The molecule has 5 nitrogen and oxygen atoms in total. The molecule has 5 heteroatoms. The highest BCUT2D eigenvalue weighted by Crippen LogP contribution is 2.38. The van der Waals surface area contributed by atoms with Crippen molar-refractivity contribution >= 4 is 12.0 Å². The number of rotatable bonds is 2. The van der Waals surface area contributed by atoms with Crippen LogP contribution in [0.3, 0.4) is 0 Å². The molecule has 2 bridgehead atoms. The molecule has 3 aliphatic rings. The van der Waals surface area contributed by atoms with Gasteiger partial charge in [-0.3, -0.25) is 9.69 Å². The summed E-state index contributed by atoms with van der Waals surface area (Å²) in [4.78, 5) is 26.1. The van der Waals surface area contributed by atoms with E-state index in [2.05, 4.69) is 5.32 Å². The van der Waals surface area contributed by atoms with Crippen LogP contribution < -0.4 is 5.32 Å². The third kappa shape index (κ3) is 2.60. The number of piperidine rings is 1. The van der Waals surface area contributed by atoms with Crippen LogP contribution in [0.15, 0.2) is 30.3 Å². The van der Waals surface area contributed by atoms with Crippen molar-refractivity contribution in [3.63, 3.8) is 0 Å². The van der Waals surface area contributed by atoms with E-state index in [9.17, 15) is 9.59 Å². The van der Waals surface area contributed by atoms with Crippen molar-refractivity contribution in [2.45, 2.75) is 44.3 Å². The van der Waals surface area contributed by atoms with Crippen molar-refractivity contribution in [2.24, 2.45) is 0 Å². The lowest BCUT2D eigenvalue weighted by Crippen LogP contribution is -2.51.